The number of aromatic nitrogens is 4. The highest BCUT2D eigenvalue weighted by atomic mass is 32.2. The van der Waals surface area contributed by atoms with Crippen LogP contribution in [-0.4, -0.2) is 53.8 Å². The van der Waals surface area contributed by atoms with Gasteiger partial charge in [-0.3, -0.25) is 0 Å². The molecule has 3 heterocycles. The van der Waals surface area contributed by atoms with E-state index in [1.165, 1.54) is 25.6 Å². The third-order valence-corrected chi connectivity index (χ3v) is 6.23. The van der Waals surface area contributed by atoms with Crippen LogP contribution in [0.3, 0.4) is 0 Å². The molecule has 1 atom stereocenters. The molecule has 0 saturated carbocycles. The molecule has 0 fully saturated rings. The summed E-state index contributed by atoms with van der Waals surface area (Å²) in [6, 6.07) is -1.24. The van der Waals surface area contributed by atoms with Gasteiger partial charge in [-0.1, -0.05) is 27.7 Å². The summed E-state index contributed by atoms with van der Waals surface area (Å²) in [6.45, 7) is 6.57. The van der Waals surface area contributed by atoms with Gasteiger partial charge in [0, 0.05) is 7.11 Å². The van der Waals surface area contributed by atoms with Gasteiger partial charge in [-0.05, 0) is 11.8 Å². The van der Waals surface area contributed by atoms with Crippen molar-refractivity contribution in [1.29, 1.82) is 0 Å². The molecule has 1 aliphatic rings. The van der Waals surface area contributed by atoms with Crippen LogP contribution in [0.15, 0.2) is 11.1 Å². The second-order valence-corrected chi connectivity index (χ2v) is 9.71. The van der Waals surface area contributed by atoms with E-state index in [1.807, 2.05) is 0 Å². The quantitative estimate of drug-likeness (QED) is 0.632. The summed E-state index contributed by atoms with van der Waals surface area (Å²) < 4.78 is 79.7. The third-order valence-electron chi connectivity index (χ3n) is 4.91. The van der Waals surface area contributed by atoms with Crippen LogP contribution >= 0.6 is 0 Å². The molecule has 0 spiro atoms. The molecule has 11 nitrogen and oxygen atoms in total. The van der Waals surface area contributed by atoms with Crippen LogP contribution in [0.1, 0.15) is 50.9 Å². The number of hydrogen-bond acceptors (Lipinski definition) is 7. The molecular formula is C18H25F3N6O5S. The SMILES string of the molecule is CO[C@@H]1COc2c(S(=O)(=O)NC(=O)Nc3c(C(C)C)nn(C(F)(F)F)c3C(C)C)cnn2C1. The van der Waals surface area contributed by atoms with Crippen LogP contribution in [0.2, 0.25) is 0 Å². The van der Waals surface area contributed by atoms with Crippen LogP contribution in [0.4, 0.5) is 23.7 Å². The van der Waals surface area contributed by atoms with Crippen LogP contribution in [0.5, 0.6) is 5.88 Å². The number of sulfonamides is 1. The summed E-state index contributed by atoms with van der Waals surface area (Å²) in [4.78, 5) is 12.2. The van der Waals surface area contributed by atoms with E-state index in [1.54, 1.807) is 18.6 Å². The number of rotatable bonds is 6. The monoisotopic (exact) mass is 494 g/mol. The molecule has 2 aromatic heterocycles. The zero-order valence-corrected chi connectivity index (χ0v) is 19.4. The number of ether oxygens (including phenoxy) is 2. The molecule has 0 saturated heterocycles. The van der Waals surface area contributed by atoms with E-state index in [9.17, 15) is 26.4 Å². The van der Waals surface area contributed by atoms with E-state index in [0.29, 0.717) is 0 Å². The zero-order valence-electron chi connectivity index (χ0n) is 18.6. The Labute approximate surface area is 188 Å². The minimum absolute atomic E-state index is 0.0274. The second-order valence-electron chi connectivity index (χ2n) is 8.06. The van der Waals surface area contributed by atoms with Gasteiger partial charge in [0.05, 0.1) is 29.8 Å². The van der Waals surface area contributed by atoms with E-state index >= 15 is 0 Å². The minimum atomic E-state index is -4.82. The highest BCUT2D eigenvalue weighted by Gasteiger charge is 2.39. The summed E-state index contributed by atoms with van der Waals surface area (Å²) in [5, 5.41) is 9.82. The Morgan fingerprint density at radius 1 is 1.27 bits per heavy atom. The van der Waals surface area contributed by atoms with E-state index in [4.69, 9.17) is 9.47 Å². The lowest BCUT2D eigenvalue weighted by molar-refractivity contribution is -0.214. The van der Waals surface area contributed by atoms with Gasteiger partial charge in [-0.25, -0.2) is 22.6 Å². The minimum Gasteiger partial charge on any atom is -0.474 e. The predicted octanol–water partition coefficient (Wildman–Crippen LogP) is 2.72. The molecular weight excluding hydrogens is 469 g/mol. The van der Waals surface area contributed by atoms with E-state index < -0.39 is 34.2 Å². The van der Waals surface area contributed by atoms with Crippen molar-refractivity contribution in [2.75, 3.05) is 19.0 Å². The molecule has 0 unspecified atom stereocenters. The Bertz CT molecular complexity index is 1140. The van der Waals surface area contributed by atoms with Gasteiger partial charge in [-0.15, -0.1) is 13.2 Å². The van der Waals surface area contributed by atoms with Gasteiger partial charge >= 0.3 is 12.3 Å². The molecule has 3 rings (SSSR count). The Balaban J connectivity index is 1.90. The van der Waals surface area contributed by atoms with Crippen LogP contribution < -0.4 is 14.8 Å². The number of carbonyl (C=O) groups excluding carboxylic acids is 1. The highest BCUT2D eigenvalue weighted by molar-refractivity contribution is 7.90. The average molecular weight is 494 g/mol. The Morgan fingerprint density at radius 2 is 1.94 bits per heavy atom. The number of alkyl halides is 3. The number of fused-ring (bicyclic) bond motifs is 1. The summed E-state index contributed by atoms with van der Waals surface area (Å²) in [5.74, 6) is -1.23. The second kappa shape index (κ2) is 8.85. The van der Waals surface area contributed by atoms with Crippen molar-refractivity contribution < 1.29 is 35.9 Å². The number of nitrogens with one attached hydrogen (secondary N) is 2. The maximum atomic E-state index is 13.5. The van der Waals surface area contributed by atoms with E-state index in [2.05, 4.69) is 15.5 Å². The number of amides is 2. The molecule has 2 N–H and O–H groups in total. The molecule has 1 aliphatic heterocycles. The van der Waals surface area contributed by atoms with Crippen molar-refractivity contribution in [1.82, 2.24) is 24.3 Å². The van der Waals surface area contributed by atoms with Gasteiger partial charge in [0.15, 0.2) is 4.90 Å². The average Bonchev–Trinajstić information content (AvgIpc) is 3.28. The lowest BCUT2D eigenvalue weighted by Gasteiger charge is -2.23. The number of carbonyl (C=O) groups is 1. The first-order chi connectivity index (χ1) is 15.3. The fraction of sp³-hybridized carbons (Fsp3) is 0.611. The first-order valence-electron chi connectivity index (χ1n) is 10.0. The molecule has 0 aliphatic carbocycles. The zero-order chi connectivity index (χ0) is 24.7. The number of methoxy groups -OCH3 is 1. The van der Waals surface area contributed by atoms with Crippen molar-refractivity contribution in [2.24, 2.45) is 0 Å². The van der Waals surface area contributed by atoms with Gasteiger partial charge < -0.3 is 14.8 Å². The molecule has 33 heavy (non-hydrogen) atoms. The Hall–Kier alpha value is -2.81. The number of anilines is 1. The summed E-state index contributed by atoms with van der Waals surface area (Å²) in [6.07, 6.45) is -4.12. The standard InChI is InChI=1S/C18H25F3N6O5S/c1-9(2)13-14(15(10(3)4)27(24-13)18(19,20)21)23-17(28)25-33(29,30)12-6-22-26-7-11(31-5)8-32-16(12)26/h6,9-11H,7-8H2,1-5H3,(H2,23,25,28)/t11-/m0/s1. The first kappa shape index (κ1) is 24.8. The molecule has 0 aromatic carbocycles. The van der Waals surface area contributed by atoms with Crippen LogP contribution in [-0.2, 0) is 27.6 Å². The van der Waals surface area contributed by atoms with Gasteiger partial charge in [0.25, 0.3) is 10.0 Å². The predicted molar refractivity (Wildman–Crippen MR) is 110 cm³/mol. The maximum Gasteiger partial charge on any atom is 0.504 e. The molecule has 15 heteroatoms. The van der Waals surface area contributed by atoms with Gasteiger partial charge in [-0.2, -0.15) is 14.9 Å². The molecule has 0 radical (unpaired) electrons. The fourth-order valence-electron chi connectivity index (χ4n) is 3.40. The number of halogens is 3. The van der Waals surface area contributed by atoms with Crippen molar-refractivity contribution in [2.45, 2.75) is 63.4 Å². The fourth-order valence-corrected chi connectivity index (χ4v) is 4.39. The van der Waals surface area contributed by atoms with Crippen molar-refractivity contribution in [3.05, 3.63) is 17.6 Å². The Morgan fingerprint density at radius 3 is 2.48 bits per heavy atom. The highest BCUT2D eigenvalue weighted by Crippen LogP contribution is 2.37. The van der Waals surface area contributed by atoms with Crippen LogP contribution in [0, 0.1) is 0 Å². The lowest BCUT2D eigenvalue weighted by Crippen LogP contribution is -2.36. The maximum absolute atomic E-state index is 13.5. The first-order valence-corrected chi connectivity index (χ1v) is 11.5. The van der Waals surface area contributed by atoms with E-state index in [-0.39, 0.29) is 51.8 Å². The summed E-state index contributed by atoms with van der Waals surface area (Å²) >= 11 is 0. The number of nitrogens with zero attached hydrogens (tertiary/aromatic N) is 4. The van der Waals surface area contributed by atoms with Crippen LogP contribution in [0.25, 0.3) is 0 Å². The molecule has 2 aromatic rings. The normalized spacial score (nSPS) is 16.6. The number of hydrogen-bond donors (Lipinski definition) is 2. The summed E-state index contributed by atoms with van der Waals surface area (Å²) in [5.41, 5.74) is -0.516. The third kappa shape index (κ3) is 4.93. The molecule has 184 valence electrons. The lowest BCUT2D eigenvalue weighted by atomic mass is 10.0. The topological polar surface area (TPSA) is 129 Å². The van der Waals surface area contributed by atoms with Crippen molar-refractivity contribution in [3.63, 3.8) is 0 Å². The van der Waals surface area contributed by atoms with E-state index in [0.717, 1.165) is 6.20 Å². The Kier molecular flexibility index (Phi) is 6.66. The van der Waals surface area contributed by atoms with Crippen molar-refractivity contribution >= 4 is 21.7 Å². The molecule has 2 amide bonds. The van der Waals surface area contributed by atoms with Gasteiger partial charge in [0.1, 0.15) is 12.7 Å². The van der Waals surface area contributed by atoms with Gasteiger partial charge in [0.2, 0.25) is 5.88 Å². The number of urea groups is 1. The molecule has 0 bridgehead atoms. The van der Waals surface area contributed by atoms with Crippen molar-refractivity contribution in [3.8, 4) is 5.88 Å². The largest absolute Gasteiger partial charge is 0.504 e. The smallest absolute Gasteiger partial charge is 0.474 e. The summed E-state index contributed by atoms with van der Waals surface area (Å²) in [7, 11) is -2.97.